The molecule has 0 unspecified atom stereocenters. The first-order valence-corrected chi connectivity index (χ1v) is 7.96. The van der Waals surface area contributed by atoms with Crippen molar-refractivity contribution in [2.45, 2.75) is 11.1 Å². The van der Waals surface area contributed by atoms with E-state index in [2.05, 4.69) is 29.1 Å². The quantitative estimate of drug-likeness (QED) is 0.748. The molecule has 0 amide bonds. The SMILES string of the molecule is C=CCN(CC=C)S(=O)(=O)c1cc(C)c(Br)s1. The summed E-state index contributed by atoms with van der Waals surface area (Å²) in [6.45, 7) is 9.56. The summed E-state index contributed by atoms with van der Waals surface area (Å²) in [6.07, 6.45) is 3.13. The molecule has 0 atom stereocenters. The molecule has 6 heteroatoms. The fourth-order valence-corrected chi connectivity index (χ4v) is 5.01. The van der Waals surface area contributed by atoms with Crippen LogP contribution in [0.1, 0.15) is 5.56 Å². The van der Waals surface area contributed by atoms with Crippen LogP contribution in [0.15, 0.2) is 39.4 Å². The highest BCUT2D eigenvalue weighted by Gasteiger charge is 2.24. The van der Waals surface area contributed by atoms with Gasteiger partial charge in [-0.05, 0) is 34.5 Å². The average molecular weight is 336 g/mol. The number of hydrogen-bond donors (Lipinski definition) is 0. The van der Waals surface area contributed by atoms with E-state index in [4.69, 9.17) is 0 Å². The number of thiophene rings is 1. The largest absolute Gasteiger partial charge is 0.253 e. The van der Waals surface area contributed by atoms with E-state index in [1.807, 2.05) is 6.92 Å². The van der Waals surface area contributed by atoms with E-state index in [9.17, 15) is 8.42 Å². The Morgan fingerprint density at radius 3 is 2.29 bits per heavy atom. The van der Waals surface area contributed by atoms with Gasteiger partial charge in [-0.25, -0.2) is 8.42 Å². The Labute approximate surface area is 115 Å². The first-order chi connectivity index (χ1) is 7.93. The van der Waals surface area contributed by atoms with Gasteiger partial charge >= 0.3 is 0 Å². The molecule has 0 N–H and O–H groups in total. The second-order valence-corrected chi connectivity index (χ2v) is 7.96. The van der Waals surface area contributed by atoms with Crippen LogP contribution >= 0.6 is 27.3 Å². The van der Waals surface area contributed by atoms with Gasteiger partial charge in [0.2, 0.25) is 0 Å². The van der Waals surface area contributed by atoms with Crippen molar-refractivity contribution in [2.24, 2.45) is 0 Å². The molecule has 17 heavy (non-hydrogen) atoms. The number of hydrogen-bond acceptors (Lipinski definition) is 3. The van der Waals surface area contributed by atoms with E-state index < -0.39 is 10.0 Å². The molecule has 0 fully saturated rings. The summed E-state index contributed by atoms with van der Waals surface area (Å²) in [4.78, 5) is 0. The molecule has 0 saturated carbocycles. The van der Waals surface area contributed by atoms with Crippen LogP contribution in [0, 0.1) is 6.92 Å². The van der Waals surface area contributed by atoms with Gasteiger partial charge in [0.25, 0.3) is 10.0 Å². The Morgan fingerprint density at radius 2 is 1.94 bits per heavy atom. The lowest BCUT2D eigenvalue weighted by Crippen LogP contribution is -2.30. The topological polar surface area (TPSA) is 37.4 Å². The van der Waals surface area contributed by atoms with Gasteiger partial charge in [-0.3, -0.25) is 0 Å². The van der Waals surface area contributed by atoms with Crippen LogP contribution in [0.2, 0.25) is 0 Å². The van der Waals surface area contributed by atoms with Crippen LogP contribution in [0.4, 0.5) is 0 Å². The first kappa shape index (κ1) is 14.6. The normalized spacial score (nSPS) is 11.7. The highest BCUT2D eigenvalue weighted by Crippen LogP contribution is 2.32. The van der Waals surface area contributed by atoms with Gasteiger partial charge in [0.15, 0.2) is 0 Å². The molecule has 0 bridgehead atoms. The molecule has 1 aromatic rings. The van der Waals surface area contributed by atoms with Crippen LogP contribution in [-0.4, -0.2) is 25.8 Å². The van der Waals surface area contributed by atoms with Crippen molar-refractivity contribution in [3.63, 3.8) is 0 Å². The molecular weight excluding hydrogens is 322 g/mol. The smallest absolute Gasteiger partial charge is 0.206 e. The van der Waals surface area contributed by atoms with Crippen molar-refractivity contribution in [2.75, 3.05) is 13.1 Å². The third kappa shape index (κ3) is 3.28. The van der Waals surface area contributed by atoms with E-state index in [0.717, 1.165) is 9.35 Å². The molecule has 0 aliphatic rings. The minimum absolute atomic E-state index is 0.281. The standard InChI is InChI=1S/C11H14BrNO2S2/c1-4-6-13(7-5-2)17(14,15)10-8-9(3)11(12)16-10/h4-5,8H,1-2,6-7H2,3H3. The van der Waals surface area contributed by atoms with Gasteiger partial charge < -0.3 is 0 Å². The number of nitrogens with zero attached hydrogens (tertiary/aromatic N) is 1. The predicted octanol–water partition coefficient (Wildman–Crippen LogP) is 3.18. The zero-order valence-electron chi connectivity index (χ0n) is 9.52. The number of sulfonamides is 1. The summed E-state index contributed by atoms with van der Waals surface area (Å²) in [6, 6.07) is 1.67. The van der Waals surface area contributed by atoms with Gasteiger partial charge in [-0.15, -0.1) is 24.5 Å². The van der Waals surface area contributed by atoms with Crippen LogP contribution in [0.25, 0.3) is 0 Å². The maximum Gasteiger partial charge on any atom is 0.253 e. The molecule has 0 aliphatic heterocycles. The lowest BCUT2D eigenvalue weighted by Gasteiger charge is -2.17. The van der Waals surface area contributed by atoms with Gasteiger partial charge in [0, 0.05) is 13.1 Å². The minimum atomic E-state index is -3.45. The molecule has 0 saturated heterocycles. The summed E-state index contributed by atoms with van der Waals surface area (Å²) in [7, 11) is -3.45. The second kappa shape index (κ2) is 5.95. The fourth-order valence-electron chi connectivity index (χ4n) is 1.24. The lowest BCUT2D eigenvalue weighted by molar-refractivity contribution is 0.476. The summed E-state index contributed by atoms with van der Waals surface area (Å²) >= 11 is 4.55. The molecule has 3 nitrogen and oxygen atoms in total. The molecule has 94 valence electrons. The highest BCUT2D eigenvalue weighted by atomic mass is 79.9. The van der Waals surface area contributed by atoms with Gasteiger partial charge in [-0.2, -0.15) is 4.31 Å². The van der Waals surface area contributed by atoms with Crippen molar-refractivity contribution >= 4 is 37.3 Å². The molecule has 0 aromatic carbocycles. The molecule has 1 heterocycles. The molecule has 0 aliphatic carbocycles. The number of rotatable bonds is 6. The van der Waals surface area contributed by atoms with E-state index in [1.54, 1.807) is 18.2 Å². The summed E-state index contributed by atoms with van der Waals surface area (Å²) < 4.78 is 27.1. The number of halogens is 1. The van der Waals surface area contributed by atoms with Crippen LogP contribution in [-0.2, 0) is 10.0 Å². The Bertz CT molecular complexity index is 490. The van der Waals surface area contributed by atoms with Crippen molar-refractivity contribution in [1.29, 1.82) is 0 Å². The summed E-state index contributed by atoms with van der Waals surface area (Å²) in [5.41, 5.74) is 0.922. The Morgan fingerprint density at radius 1 is 1.41 bits per heavy atom. The molecule has 1 rings (SSSR count). The van der Waals surface area contributed by atoms with Crippen molar-refractivity contribution in [3.05, 3.63) is 40.7 Å². The second-order valence-electron chi connectivity index (χ2n) is 3.42. The monoisotopic (exact) mass is 335 g/mol. The van der Waals surface area contributed by atoms with Crippen LogP contribution in [0.5, 0.6) is 0 Å². The third-order valence-electron chi connectivity index (χ3n) is 2.09. The van der Waals surface area contributed by atoms with Crippen LogP contribution in [0.3, 0.4) is 0 Å². The maximum atomic E-state index is 12.3. The van der Waals surface area contributed by atoms with Crippen molar-refractivity contribution in [1.82, 2.24) is 4.31 Å². The van der Waals surface area contributed by atoms with E-state index >= 15 is 0 Å². The van der Waals surface area contributed by atoms with Gasteiger partial charge in [0.05, 0.1) is 3.79 Å². The van der Waals surface area contributed by atoms with E-state index in [0.29, 0.717) is 4.21 Å². The maximum absolute atomic E-state index is 12.3. The Kier molecular flexibility index (Phi) is 5.12. The minimum Gasteiger partial charge on any atom is -0.206 e. The van der Waals surface area contributed by atoms with Gasteiger partial charge in [0.1, 0.15) is 4.21 Å². The molecule has 0 radical (unpaired) electrons. The molecule has 0 spiro atoms. The van der Waals surface area contributed by atoms with E-state index in [-0.39, 0.29) is 13.1 Å². The molecular formula is C11H14BrNO2S2. The molecule has 1 aromatic heterocycles. The highest BCUT2D eigenvalue weighted by molar-refractivity contribution is 9.11. The zero-order chi connectivity index (χ0) is 13.1. The average Bonchev–Trinajstić information content (AvgIpc) is 2.59. The third-order valence-corrected chi connectivity index (χ3v) is 6.51. The number of aryl methyl sites for hydroxylation is 1. The Balaban J connectivity index is 3.15. The lowest BCUT2D eigenvalue weighted by atomic mass is 10.4. The zero-order valence-corrected chi connectivity index (χ0v) is 12.7. The van der Waals surface area contributed by atoms with Crippen LogP contribution < -0.4 is 0 Å². The summed E-state index contributed by atoms with van der Waals surface area (Å²) in [5.74, 6) is 0. The van der Waals surface area contributed by atoms with Crippen molar-refractivity contribution in [3.8, 4) is 0 Å². The fraction of sp³-hybridized carbons (Fsp3) is 0.273. The van der Waals surface area contributed by atoms with Gasteiger partial charge in [-0.1, -0.05) is 12.2 Å². The first-order valence-electron chi connectivity index (χ1n) is 4.91. The predicted molar refractivity (Wildman–Crippen MR) is 75.9 cm³/mol. The Hall–Kier alpha value is -0.430. The van der Waals surface area contributed by atoms with Crippen molar-refractivity contribution < 1.29 is 8.42 Å². The summed E-state index contributed by atoms with van der Waals surface area (Å²) in [5, 5.41) is 0. The van der Waals surface area contributed by atoms with E-state index in [1.165, 1.54) is 15.6 Å².